The van der Waals surface area contributed by atoms with Crippen molar-refractivity contribution in [3.8, 4) is 0 Å². The zero-order valence-electron chi connectivity index (χ0n) is 12.6. The van der Waals surface area contributed by atoms with Crippen LogP contribution in [-0.2, 0) is 21.4 Å². The van der Waals surface area contributed by atoms with Gasteiger partial charge in [-0.05, 0) is 12.5 Å². The molecule has 0 spiro atoms. The van der Waals surface area contributed by atoms with E-state index in [2.05, 4.69) is 10.4 Å². The highest BCUT2D eigenvalue weighted by Crippen LogP contribution is 2.24. The van der Waals surface area contributed by atoms with Crippen molar-refractivity contribution in [2.45, 2.75) is 32.9 Å². The van der Waals surface area contributed by atoms with Crippen molar-refractivity contribution >= 4 is 15.9 Å². The quantitative estimate of drug-likeness (QED) is 0.850. The molecule has 1 aliphatic rings. The molecular formula is C13H22N4O3S. The lowest BCUT2D eigenvalue weighted by Gasteiger charge is -2.32. The molecule has 1 N–H and O–H groups in total. The molecule has 7 nitrogen and oxygen atoms in total. The standard InChI is InChI=1S/C13H22N4O3S/c1-10(2)13(18)14-6-4-11-8-16(21(3,19)20)9-12-5-7-15-17(11)12/h5,7,10-11H,4,6,8-9H2,1-3H3,(H,14,18)/t11-/m0/s1. The van der Waals surface area contributed by atoms with Crippen molar-refractivity contribution in [2.75, 3.05) is 19.3 Å². The smallest absolute Gasteiger partial charge is 0.222 e. The Hall–Kier alpha value is -1.41. The van der Waals surface area contributed by atoms with Crippen LogP contribution in [0.5, 0.6) is 0 Å². The second kappa shape index (κ2) is 6.15. The normalized spacial score (nSPS) is 19.5. The van der Waals surface area contributed by atoms with Crippen LogP contribution in [-0.4, -0.2) is 47.8 Å². The largest absolute Gasteiger partial charge is 0.356 e. The molecule has 21 heavy (non-hydrogen) atoms. The first-order chi connectivity index (χ1) is 9.79. The monoisotopic (exact) mass is 314 g/mol. The van der Waals surface area contributed by atoms with Gasteiger partial charge in [0, 0.05) is 25.2 Å². The first kappa shape index (κ1) is 16.0. The number of nitrogens with zero attached hydrogens (tertiary/aromatic N) is 3. The van der Waals surface area contributed by atoms with Gasteiger partial charge in [0.2, 0.25) is 15.9 Å². The summed E-state index contributed by atoms with van der Waals surface area (Å²) in [5, 5.41) is 7.13. The minimum absolute atomic E-state index is 0.00599. The Bertz CT molecular complexity index is 609. The van der Waals surface area contributed by atoms with Gasteiger partial charge in [-0.1, -0.05) is 13.8 Å². The summed E-state index contributed by atoms with van der Waals surface area (Å²) in [4.78, 5) is 11.6. The SMILES string of the molecule is CC(C)C(=O)NCC[C@H]1CN(S(C)(=O)=O)Cc2ccnn21. The van der Waals surface area contributed by atoms with Crippen LogP contribution in [0, 0.1) is 5.92 Å². The van der Waals surface area contributed by atoms with E-state index in [1.165, 1.54) is 10.6 Å². The van der Waals surface area contributed by atoms with E-state index < -0.39 is 10.0 Å². The number of fused-ring (bicyclic) bond motifs is 1. The van der Waals surface area contributed by atoms with E-state index >= 15 is 0 Å². The van der Waals surface area contributed by atoms with Crippen molar-refractivity contribution in [2.24, 2.45) is 5.92 Å². The van der Waals surface area contributed by atoms with E-state index in [-0.39, 0.29) is 17.9 Å². The third-order valence-electron chi connectivity index (χ3n) is 3.62. The second-order valence-electron chi connectivity index (χ2n) is 5.71. The molecule has 0 bridgehead atoms. The van der Waals surface area contributed by atoms with Crippen molar-refractivity contribution < 1.29 is 13.2 Å². The molecule has 0 unspecified atom stereocenters. The molecule has 1 aliphatic heterocycles. The van der Waals surface area contributed by atoms with Crippen LogP contribution in [0.2, 0.25) is 0 Å². The summed E-state index contributed by atoms with van der Waals surface area (Å²) in [5.41, 5.74) is 0.881. The van der Waals surface area contributed by atoms with E-state index in [4.69, 9.17) is 0 Å². The third-order valence-corrected chi connectivity index (χ3v) is 4.84. The van der Waals surface area contributed by atoms with Crippen molar-refractivity contribution in [1.29, 1.82) is 0 Å². The van der Waals surface area contributed by atoms with E-state index in [0.717, 1.165) is 5.69 Å². The maximum absolute atomic E-state index is 11.8. The van der Waals surface area contributed by atoms with Gasteiger partial charge in [-0.2, -0.15) is 9.40 Å². The van der Waals surface area contributed by atoms with E-state index in [0.29, 0.717) is 26.1 Å². The fourth-order valence-electron chi connectivity index (χ4n) is 2.39. The minimum atomic E-state index is -3.23. The highest BCUT2D eigenvalue weighted by molar-refractivity contribution is 7.88. The zero-order valence-corrected chi connectivity index (χ0v) is 13.4. The number of carbonyl (C=O) groups excluding carboxylic acids is 1. The molecular weight excluding hydrogens is 292 g/mol. The van der Waals surface area contributed by atoms with Gasteiger partial charge in [0.15, 0.2) is 0 Å². The fourth-order valence-corrected chi connectivity index (χ4v) is 3.20. The first-order valence-corrected chi connectivity index (χ1v) is 8.89. The lowest BCUT2D eigenvalue weighted by Crippen LogP contribution is -2.42. The van der Waals surface area contributed by atoms with Gasteiger partial charge in [0.1, 0.15) is 0 Å². The average molecular weight is 314 g/mol. The number of sulfonamides is 1. The highest BCUT2D eigenvalue weighted by Gasteiger charge is 2.30. The predicted octanol–water partition coefficient (Wildman–Crippen LogP) is 0.362. The Kier molecular flexibility index (Phi) is 4.67. The summed E-state index contributed by atoms with van der Waals surface area (Å²) >= 11 is 0. The number of amides is 1. The number of aromatic nitrogens is 2. The molecule has 1 atom stereocenters. The maximum Gasteiger partial charge on any atom is 0.222 e. The molecule has 1 amide bonds. The topological polar surface area (TPSA) is 84.3 Å². The number of hydrogen-bond acceptors (Lipinski definition) is 4. The molecule has 8 heteroatoms. The van der Waals surface area contributed by atoms with Gasteiger partial charge in [-0.25, -0.2) is 8.42 Å². The number of rotatable bonds is 5. The van der Waals surface area contributed by atoms with Crippen LogP contribution in [0.25, 0.3) is 0 Å². The summed E-state index contributed by atoms with van der Waals surface area (Å²) in [6, 6.07) is 1.78. The molecule has 0 aliphatic carbocycles. The Morgan fingerprint density at radius 1 is 1.52 bits per heavy atom. The first-order valence-electron chi connectivity index (χ1n) is 7.04. The van der Waals surface area contributed by atoms with Crippen molar-refractivity contribution in [3.63, 3.8) is 0 Å². The number of hydrogen-bond donors (Lipinski definition) is 1. The summed E-state index contributed by atoms with van der Waals surface area (Å²) < 4.78 is 26.8. The predicted molar refractivity (Wildman–Crippen MR) is 79.0 cm³/mol. The number of carbonyl (C=O) groups is 1. The maximum atomic E-state index is 11.8. The van der Waals surface area contributed by atoms with Gasteiger partial charge in [-0.3, -0.25) is 9.48 Å². The minimum Gasteiger partial charge on any atom is -0.356 e. The molecule has 1 aromatic rings. The third kappa shape index (κ3) is 3.82. The van der Waals surface area contributed by atoms with Gasteiger partial charge in [0.25, 0.3) is 0 Å². The molecule has 0 saturated heterocycles. The molecule has 0 fully saturated rings. The van der Waals surface area contributed by atoms with Crippen molar-refractivity contribution in [1.82, 2.24) is 19.4 Å². The Morgan fingerprint density at radius 3 is 2.86 bits per heavy atom. The van der Waals surface area contributed by atoms with E-state index in [9.17, 15) is 13.2 Å². The molecule has 0 aromatic carbocycles. The molecule has 118 valence electrons. The molecule has 0 radical (unpaired) electrons. The summed E-state index contributed by atoms with van der Waals surface area (Å²) in [6.07, 6.45) is 3.55. The van der Waals surface area contributed by atoms with E-state index in [1.54, 1.807) is 6.20 Å². The van der Waals surface area contributed by atoms with Crippen LogP contribution in [0.4, 0.5) is 0 Å². The van der Waals surface area contributed by atoms with Crippen LogP contribution < -0.4 is 5.32 Å². The van der Waals surface area contributed by atoms with E-state index in [1.807, 2.05) is 24.6 Å². The molecule has 1 aromatic heterocycles. The summed E-state index contributed by atoms with van der Waals surface area (Å²) in [6.45, 7) is 4.94. The van der Waals surface area contributed by atoms with Crippen LogP contribution >= 0.6 is 0 Å². The lowest BCUT2D eigenvalue weighted by molar-refractivity contribution is -0.124. The Morgan fingerprint density at radius 2 is 2.24 bits per heavy atom. The summed E-state index contributed by atoms with van der Waals surface area (Å²) in [5.74, 6) is -0.0457. The van der Waals surface area contributed by atoms with Gasteiger partial charge in [0.05, 0.1) is 24.5 Å². The Labute approximate surface area is 125 Å². The molecule has 0 saturated carbocycles. The van der Waals surface area contributed by atoms with Crippen LogP contribution in [0.3, 0.4) is 0 Å². The lowest BCUT2D eigenvalue weighted by atomic mass is 10.1. The van der Waals surface area contributed by atoms with Gasteiger partial charge in [-0.15, -0.1) is 0 Å². The fraction of sp³-hybridized carbons (Fsp3) is 0.692. The van der Waals surface area contributed by atoms with Gasteiger partial charge < -0.3 is 5.32 Å². The zero-order chi connectivity index (χ0) is 15.6. The molecule has 2 heterocycles. The van der Waals surface area contributed by atoms with Gasteiger partial charge >= 0.3 is 0 Å². The Balaban J connectivity index is 2.03. The second-order valence-corrected chi connectivity index (χ2v) is 7.69. The van der Waals surface area contributed by atoms with Crippen LogP contribution in [0.15, 0.2) is 12.3 Å². The molecule has 2 rings (SSSR count). The van der Waals surface area contributed by atoms with Crippen molar-refractivity contribution in [3.05, 3.63) is 18.0 Å². The van der Waals surface area contributed by atoms with Crippen LogP contribution in [0.1, 0.15) is 32.0 Å². The highest BCUT2D eigenvalue weighted by atomic mass is 32.2. The number of nitrogens with one attached hydrogen (secondary N) is 1. The summed E-state index contributed by atoms with van der Waals surface area (Å²) in [7, 11) is -3.23. The average Bonchev–Trinajstić information content (AvgIpc) is 2.85.